The molecule has 6 atom stereocenters. The topological polar surface area (TPSA) is 225 Å². The Labute approximate surface area is 391 Å². The van der Waals surface area contributed by atoms with E-state index >= 15 is 0 Å². The smallest absolute Gasteiger partial charge is 0.330 e. The molecule has 3 aromatic rings. The van der Waals surface area contributed by atoms with Crippen LogP contribution in [0.4, 0.5) is 9.93 Å². The summed E-state index contributed by atoms with van der Waals surface area (Å²) in [6, 6.07) is 3.75. The van der Waals surface area contributed by atoms with Gasteiger partial charge in [-0.05, 0) is 77.8 Å². The number of nitrogens with zero attached hydrogens (tertiary/aromatic N) is 5. The molecule has 1 aliphatic carbocycles. The van der Waals surface area contributed by atoms with Crippen LogP contribution < -0.4 is 30.7 Å². The number of allylic oxidation sites excluding steroid dienone is 1. The minimum Gasteiger partial charge on any atom is -0.497 e. The average Bonchev–Trinajstić information content (AvgIpc) is 3.52. The zero-order valence-corrected chi connectivity index (χ0v) is 40.5. The highest BCUT2D eigenvalue weighted by Crippen LogP contribution is 2.45. The van der Waals surface area contributed by atoms with Gasteiger partial charge in [0.25, 0.3) is 10.2 Å². The third kappa shape index (κ3) is 10.9. The number of methoxy groups -OCH3 is 1. The first-order valence-electron chi connectivity index (χ1n) is 23.1. The Balaban J connectivity index is 1.17. The van der Waals surface area contributed by atoms with E-state index in [0.29, 0.717) is 66.1 Å². The van der Waals surface area contributed by atoms with Gasteiger partial charge in [-0.3, -0.25) is 9.59 Å². The lowest BCUT2D eigenvalue weighted by Crippen LogP contribution is -2.59. The van der Waals surface area contributed by atoms with Crippen molar-refractivity contribution in [1.29, 1.82) is 0 Å². The molecule has 0 radical (unpaired) electrons. The Morgan fingerprint density at radius 3 is 2.53 bits per heavy atom. The molecule has 66 heavy (non-hydrogen) atoms. The van der Waals surface area contributed by atoms with Crippen molar-refractivity contribution >= 4 is 61.4 Å². The maximum absolute atomic E-state index is 15.0. The van der Waals surface area contributed by atoms with Crippen LogP contribution in [0.25, 0.3) is 22.3 Å². The minimum absolute atomic E-state index is 0.0360. The first-order valence-corrected chi connectivity index (χ1v) is 25.4. The van der Waals surface area contributed by atoms with E-state index in [0.717, 1.165) is 18.0 Å². The van der Waals surface area contributed by atoms with Crippen molar-refractivity contribution in [3.8, 4) is 22.9 Å². The maximum atomic E-state index is 15.0. The number of urea groups is 1. The van der Waals surface area contributed by atoms with Gasteiger partial charge in [-0.1, -0.05) is 38.8 Å². The molecule has 1 unspecified atom stereocenters. The predicted octanol–water partition coefficient (Wildman–Crippen LogP) is 5.37. The van der Waals surface area contributed by atoms with Gasteiger partial charge in [0.05, 0.1) is 24.9 Å². The highest BCUT2D eigenvalue weighted by atomic mass is 32.2. The van der Waals surface area contributed by atoms with Crippen LogP contribution in [0.5, 0.6) is 11.5 Å². The van der Waals surface area contributed by atoms with Crippen LogP contribution in [0.2, 0.25) is 0 Å². The number of rotatable bonds is 13. The van der Waals surface area contributed by atoms with Gasteiger partial charge in [-0.15, -0.1) is 11.3 Å². The molecule has 3 aliphatic heterocycles. The van der Waals surface area contributed by atoms with Crippen molar-refractivity contribution in [3.63, 3.8) is 0 Å². The lowest BCUT2D eigenvalue weighted by molar-refractivity contribution is -0.145. The van der Waals surface area contributed by atoms with Crippen LogP contribution in [0.1, 0.15) is 92.9 Å². The number of amides is 4. The number of thiazole rings is 1. The molecule has 5 N–H and O–H groups in total. The highest BCUT2D eigenvalue weighted by Gasteiger charge is 2.61. The number of carboxylic acid groups (broad SMARTS) is 1. The van der Waals surface area contributed by atoms with Crippen LogP contribution in [0.3, 0.4) is 0 Å². The van der Waals surface area contributed by atoms with Gasteiger partial charge in [-0.2, -0.15) is 17.0 Å². The Kier molecular flexibility index (Phi) is 15.1. The summed E-state index contributed by atoms with van der Waals surface area (Å²) in [4.78, 5) is 67.2. The normalized spacial score (nSPS) is 25.7. The van der Waals surface area contributed by atoms with Gasteiger partial charge in [0.15, 0.2) is 5.13 Å². The molecule has 0 spiro atoms. The molecule has 360 valence electrons. The van der Waals surface area contributed by atoms with E-state index in [4.69, 9.17) is 19.4 Å². The quantitative estimate of drug-likeness (QED) is 0.137. The number of carboxylic acids is 1. The van der Waals surface area contributed by atoms with Crippen molar-refractivity contribution in [2.75, 3.05) is 38.6 Å². The fourth-order valence-electron chi connectivity index (χ4n) is 9.07. The Morgan fingerprint density at radius 2 is 1.82 bits per heavy atom. The summed E-state index contributed by atoms with van der Waals surface area (Å²) >= 11 is 1.45. The van der Waals surface area contributed by atoms with E-state index < -0.39 is 69.7 Å². The number of hydrogen-bond donors (Lipinski definition) is 5. The summed E-state index contributed by atoms with van der Waals surface area (Å²) in [5.41, 5.74) is 0.240. The van der Waals surface area contributed by atoms with Crippen LogP contribution in [0, 0.1) is 11.8 Å². The van der Waals surface area contributed by atoms with E-state index in [-0.39, 0.29) is 50.4 Å². The summed E-state index contributed by atoms with van der Waals surface area (Å²) in [6.07, 6.45) is 7.06. The Hall–Kier alpha value is -5.05. The molecule has 1 saturated carbocycles. The summed E-state index contributed by atoms with van der Waals surface area (Å²) in [5, 5.41) is 25.7. The lowest BCUT2D eigenvalue weighted by atomic mass is 10.0. The second-order valence-corrected chi connectivity index (χ2v) is 21.5. The maximum Gasteiger partial charge on any atom is 0.330 e. The first kappa shape index (κ1) is 48.9. The molecule has 1 aromatic carbocycles. The minimum atomic E-state index is -3.76. The van der Waals surface area contributed by atoms with Crippen LogP contribution in [-0.2, 0) is 24.6 Å². The van der Waals surface area contributed by atoms with Gasteiger partial charge >= 0.3 is 12.0 Å². The number of anilines is 1. The molecule has 3 fully saturated rings. The lowest BCUT2D eigenvalue weighted by Gasteiger charge is -2.39. The number of pyridine rings is 1. The summed E-state index contributed by atoms with van der Waals surface area (Å²) in [5.74, 6) is -1.81. The molecule has 0 bridgehead atoms. The molecular weight excluding hydrogens is 887 g/mol. The van der Waals surface area contributed by atoms with Crippen molar-refractivity contribution in [2.45, 2.75) is 135 Å². The molecule has 5 heterocycles. The monoisotopic (exact) mass is 951 g/mol. The Bertz CT molecular complexity index is 2410. The summed E-state index contributed by atoms with van der Waals surface area (Å²) in [6.45, 7) is 12.3. The first-order chi connectivity index (χ1) is 31.4. The molecule has 2 saturated heterocycles. The van der Waals surface area contributed by atoms with Crippen molar-refractivity contribution in [3.05, 3.63) is 41.8 Å². The van der Waals surface area contributed by atoms with E-state index in [1.54, 1.807) is 25.3 Å². The number of ether oxygens (including phenoxy) is 2. The van der Waals surface area contributed by atoms with Gasteiger partial charge in [0, 0.05) is 73.0 Å². The molecular formula is C46H65N9O9S2. The zero-order chi connectivity index (χ0) is 47.5. The molecule has 2 aromatic heterocycles. The molecule has 4 amide bonds. The Morgan fingerprint density at radius 1 is 1.03 bits per heavy atom. The summed E-state index contributed by atoms with van der Waals surface area (Å²) < 4.78 is 42.3. The third-order valence-corrected chi connectivity index (χ3v) is 15.8. The fraction of sp³-hybridized carbons (Fsp3) is 0.609. The molecule has 4 aliphatic rings. The molecule has 18 nitrogen and oxygen atoms in total. The van der Waals surface area contributed by atoms with Crippen molar-refractivity contribution < 1.29 is 42.2 Å². The second kappa shape index (κ2) is 20.4. The number of fused-ring (bicyclic) bond motifs is 3. The standard InChI is InChI=1S/C46H65N9O9S2/c1-27(2)37(25-53-18-13-19-55(29(5)6)66(53,61)62)50-44(60)49-34-15-12-10-8-9-11-14-30-23-46(30,43(58)59)52-41(56)39-21-32(24-54(39)42(34)57)64-40-22-36(38-26-65-45(51-38)47-28(3)4)48-35-20-31(63-7)16-17-33(35)40/h11,14,16-17,20,22,26-30,32,34,37,39H,8-10,12-13,15,18-19,21,23-25H2,1-7H3,(H,47,51)(H,52,56)(H,58,59)(H2,49,50,60)/t30?,32-,34+,37-,39+,46-/m1/s1. The van der Waals surface area contributed by atoms with E-state index in [1.165, 1.54) is 24.8 Å². The van der Waals surface area contributed by atoms with Gasteiger partial charge in [0.1, 0.15) is 40.9 Å². The van der Waals surface area contributed by atoms with E-state index in [9.17, 15) is 32.7 Å². The molecule has 20 heteroatoms. The van der Waals surface area contributed by atoms with Crippen molar-refractivity contribution in [1.82, 2.24) is 39.4 Å². The van der Waals surface area contributed by atoms with Crippen molar-refractivity contribution in [2.24, 2.45) is 11.8 Å². The second-order valence-electron chi connectivity index (χ2n) is 18.8. The fourth-order valence-corrected chi connectivity index (χ4v) is 11.8. The van der Waals surface area contributed by atoms with Gasteiger partial charge < -0.3 is 40.7 Å². The van der Waals surface area contributed by atoms with Crippen LogP contribution in [-0.4, -0.2) is 136 Å². The van der Waals surface area contributed by atoms with Crippen LogP contribution >= 0.6 is 11.3 Å². The average molecular weight is 952 g/mol. The number of benzene rings is 1. The van der Waals surface area contributed by atoms with E-state index in [2.05, 4.69) is 21.3 Å². The largest absolute Gasteiger partial charge is 0.497 e. The predicted molar refractivity (Wildman–Crippen MR) is 253 cm³/mol. The molecule has 7 rings (SSSR count). The number of carbonyl (C=O) groups is 4. The van der Waals surface area contributed by atoms with Gasteiger partial charge in [0.2, 0.25) is 11.8 Å². The summed E-state index contributed by atoms with van der Waals surface area (Å²) in [7, 11) is -2.19. The van der Waals surface area contributed by atoms with E-state index in [1.807, 2.05) is 65.1 Å². The number of aliphatic carboxylic acids is 1. The van der Waals surface area contributed by atoms with Crippen LogP contribution in [0.15, 0.2) is 41.8 Å². The number of aromatic nitrogens is 2. The number of nitrogens with one attached hydrogen (secondary N) is 4. The number of hydrogen-bond acceptors (Lipinski definition) is 12. The highest BCUT2D eigenvalue weighted by molar-refractivity contribution is 7.86. The number of carbonyl (C=O) groups excluding carboxylic acids is 3. The SMILES string of the molecule is COc1ccc2c(O[C@@H]3C[C@H]4C(=O)N[C@]5(C(=O)O)CC5C=CCCCCC[C@H](NC(=O)N[C@H](CN5CCCN(C(C)C)S5(=O)=O)C(C)C)C(=O)N4C3)cc(-c3csc(NC(C)C)n3)nc2c1. The third-order valence-electron chi connectivity index (χ3n) is 12.9. The zero-order valence-electron chi connectivity index (χ0n) is 38.9. The van der Waals surface area contributed by atoms with Gasteiger partial charge in [-0.25, -0.2) is 19.6 Å².